The number of ether oxygens (including phenoxy) is 2. The summed E-state index contributed by atoms with van der Waals surface area (Å²) >= 11 is 3.32. The average Bonchev–Trinajstić information content (AvgIpc) is 3.39. The summed E-state index contributed by atoms with van der Waals surface area (Å²) in [5.41, 5.74) is 3.36. The highest BCUT2D eigenvalue weighted by Gasteiger charge is 2.26. The van der Waals surface area contributed by atoms with Crippen LogP contribution in [0.1, 0.15) is 17.4 Å². The molecular formula is C25H26ClN3O3S2. The molecule has 0 atom stereocenters. The Morgan fingerprint density at radius 3 is 2.56 bits per heavy atom. The van der Waals surface area contributed by atoms with E-state index in [4.69, 9.17) is 14.5 Å². The van der Waals surface area contributed by atoms with Gasteiger partial charge in [0.2, 0.25) is 0 Å². The number of fused-ring (bicyclic) bond motifs is 2. The Morgan fingerprint density at radius 2 is 1.82 bits per heavy atom. The van der Waals surface area contributed by atoms with E-state index in [1.54, 1.807) is 22.7 Å². The highest BCUT2D eigenvalue weighted by atomic mass is 35.5. The number of thiazole rings is 1. The number of carbonyl (C=O) groups is 1. The molecule has 2 aromatic carbocycles. The van der Waals surface area contributed by atoms with Gasteiger partial charge >= 0.3 is 0 Å². The monoisotopic (exact) mass is 515 g/mol. The molecule has 178 valence electrons. The second kappa shape index (κ2) is 10.7. The highest BCUT2D eigenvalue weighted by molar-refractivity contribution is 7.22. The summed E-state index contributed by atoms with van der Waals surface area (Å²) < 4.78 is 12.3. The number of likely N-dealkylation sites (N-methyl/N-ethyl adjacent to an activating group) is 1. The summed E-state index contributed by atoms with van der Waals surface area (Å²) in [6.07, 6.45) is 0.951. The molecule has 5 rings (SSSR count). The molecule has 2 aromatic heterocycles. The number of aromatic nitrogens is 1. The van der Waals surface area contributed by atoms with Gasteiger partial charge in [-0.2, -0.15) is 0 Å². The number of carbonyl (C=O) groups excluding carboxylic acids is 1. The number of hydrogen-bond acceptors (Lipinski definition) is 7. The minimum atomic E-state index is -0.182. The van der Waals surface area contributed by atoms with Crippen LogP contribution >= 0.6 is 35.1 Å². The van der Waals surface area contributed by atoms with E-state index in [1.165, 1.54) is 10.4 Å². The van der Waals surface area contributed by atoms with Crippen LogP contribution in [0.15, 0.2) is 48.5 Å². The maximum absolute atomic E-state index is 12.8. The van der Waals surface area contributed by atoms with Crippen molar-refractivity contribution in [3.8, 4) is 22.1 Å². The second-order valence-corrected chi connectivity index (χ2v) is 10.1. The van der Waals surface area contributed by atoms with Gasteiger partial charge in [-0.15, -0.1) is 35.1 Å². The molecule has 0 radical (unpaired) electrons. The minimum Gasteiger partial charge on any atom is -0.494 e. The van der Waals surface area contributed by atoms with Crippen molar-refractivity contribution in [2.75, 3.05) is 32.1 Å². The Labute approximate surface area is 212 Å². The van der Waals surface area contributed by atoms with Crippen LogP contribution in [0, 0.1) is 0 Å². The topological polar surface area (TPSA) is 63.7 Å². The lowest BCUT2D eigenvalue weighted by Gasteiger charge is -2.22. The lowest BCUT2D eigenvalue weighted by Crippen LogP contribution is -2.25. The van der Waals surface area contributed by atoms with Crippen molar-refractivity contribution in [2.45, 2.75) is 19.9 Å². The van der Waals surface area contributed by atoms with E-state index in [-0.39, 0.29) is 24.9 Å². The maximum atomic E-state index is 12.8. The fourth-order valence-electron chi connectivity index (χ4n) is 3.94. The molecule has 1 aliphatic heterocycles. The van der Waals surface area contributed by atoms with Crippen molar-refractivity contribution >= 4 is 56.2 Å². The third-order valence-corrected chi connectivity index (χ3v) is 7.70. The Balaban J connectivity index is 0.00000274. The van der Waals surface area contributed by atoms with Crippen molar-refractivity contribution in [3.63, 3.8) is 0 Å². The SMILES string of the molecule is CCOc1ccc(OCC(=O)Nc2sc3c(c2-c2nc4ccccc4s2)CCN(C)C3)cc1.Cl. The number of nitrogens with zero attached hydrogens (tertiary/aromatic N) is 2. The van der Waals surface area contributed by atoms with E-state index in [1.807, 2.05) is 49.4 Å². The van der Waals surface area contributed by atoms with Gasteiger partial charge in [0.15, 0.2) is 6.61 Å². The number of thiophene rings is 1. The van der Waals surface area contributed by atoms with Gasteiger partial charge in [-0.3, -0.25) is 4.79 Å². The Bertz CT molecular complexity index is 1250. The van der Waals surface area contributed by atoms with Crippen LogP contribution in [0.3, 0.4) is 0 Å². The van der Waals surface area contributed by atoms with Crippen LogP contribution in [-0.2, 0) is 17.8 Å². The standard InChI is InChI=1S/C25H25N3O3S2.ClH/c1-3-30-16-8-10-17(11-9-16)31-15-22(29)27-25-23(18-12-13-28(2)14-21(18)33-25)24-26-19-6-4-5-7-20(19)32-24;/h4-11H,3,12-15H2,1-2H3,(H,27,29);1H. The molecular weight excluding hydrogens is 490 g/mol. The van der Waals surface area contributed by atoms with Crippen LogP contribution in [0.25, 0.3) is 20.8 Å². The van der Waals surface area contributed by atoms with Gasteiger partial charge in [0, 0.05) is 23.5 Å². The Morgan fingerprint density at radius 1 is 1.09 bits per heavy atom. The number of hydrogen-bond donors (Lipinski definition) is 1. The van der Waals surface area contributed by atoms with Crippen molar-refractivity contribution in [1.82, 2.24) is 9.88 Å². The summed E-state index contributed by atoms with van der Waals surface area (Å²) in [4.78, 5) is 21.3. The number of benzene rings is 2. The number of para-hydroxylation sites is 1. The van der Waals surface area contributed by atoms with Crippen LogP contribution in [0.2, 0.25) is 0 Å². The normalized spacial score (nSPS) is 13.2. The molecule has 3 heterocycles. The molecule has 1 amide bonds. The lowest BCUT2D eigenvalue weighted by atomic mass is 10.0. The average molecular weight is 516 g/mol. The summed E-state index contributed by atoms with van der Waals surface area (Å²) in [5, 5.41) is 4.92. The summed E-state index contributed by atoms with van der Waals surface area (Å²) in [6.45, 7) is 4.38. The van der Waals surface area contributed by atoms with Crippen LogP contribution in [0.4, 0.5) is 5.00 Å². The van der Waals surface area contributed by atoms with Crippen LogP contribution in [-0.4, -0.2) is 42.6 Å². The zero-order valence-corrected chi connectivity index (χ0v) is 21.4. The molecule has 0 saturated heterocycles. The zero-order valence-electron chi connectivity index (χ0n) is 19.0. The Kier molecular flexibility index (Phi) is 7.73. The summed E-state index contributed by atoms with van der Waals surface area (Å²) in [5.74, 6) is 1.23. The minimum absolute atomic E-state index is 0. The molecule has 4 aromatic rings. The molecule has 0 bridgehead atoms. The van der Waals surface area contributed by atoms with Gasteiger partial charge in [0.25, 0.3) is 5.91 Å². The first-order valence-corrected chi connectivity index (χ1v) is 12.6. The maximum Gasteiger partial charge on any atom is 0.262 e. The highest BCUT2D eigenvalue weighted by Crippen LogP contribution is 2.45. The molecule has 0 saturated carbocycles. The first-order valence-electron chi connectivity index (χ1n) is 10.9. The molecule has 0 fully saturated rings. The van der Waals surface area contributed by atoms with E-state index in [0.717, 1.165) is 51.0 Å². The molecule has 9 heteroatoms. The predicted octanol–water partition coefficient (Wildman–Crippen LogP) is 5.85. The van der Waals surface area contributed by atoms with Crippen molar-refractivity contribution in [1.29, 1.82) is 0 Å². The predicted molar refractivity (Wildman–Crippen MR) is 142 cm³/mol. The first kappa shape index (κ1) is 24.5. The molecule has 6 nitrogen and oxygen atoms in total. The molecule has 0 aliphatic carbocycles. The smallest absolute Gasteiger partial charge is 0.262 e. The fraction of sp³-hybridized carbons (Fsp3) is 0.280. The zero-order chi connectivity index (χ0) is 22.8. The van der Waals surface area contributed by atoms with Gasteiger partial charge < -0.3 is 19.7 Å². The second-order valence-electron chi connectivity index (χ2n) is 7.92. The van der Waals surface area contributed by atoms with Gasteiger partial charge in [-0.25, -0.2) is 4.98 Å². The third-order valence-electron chi connectivity index (χ3n) is 5.51. The molecule has 1 aliphatic rings. The van der Waals surface area contributed by atoms with Crippen molar-refractivity contribution in [2.24, 2.45) is 0 Å². The first-order chi connectivity index (χ1) is 16.1. The molecule has 0 unspecified atom stereocenters. The molecule has 1 N–H and O–H groups in total. The number of halogens is 1. The lowest BCUT2D eigenvalue weighted by molar-refractivity contribution is -0.118. The van der Waals surface area contributed by atoms with Gasteiger partial charge in [-0.05, 0) is 62.4 Å². The number of rotatable bonds is 7. The fourth-order valence-corrected chi connectivity index (χ4v) is 6.39. The molecule has 34 heavy (non-hydrogen) atoms. The summed E-state index contributed by atoms with van der Waals surface area (Å²) in [7, 11) is 2.13. The van der Waals surface area contributed by atoms with E-state index in [2.05, 4.69) is 23.3 Å². The molecule has 0 spiro atoms. The van der Waals surface area contributed by atoms with Crippen molar-refractivity contribution in [3.05, 3.63) is 59.0 Å². The number of amides is 1. The van der Waals surface area contributed by atoms with Gasteiger partial charge in [0.1, 0.15) is 21.5 Å². The van der Waals surface area contributed by atoms with Crippen molar-refractivity contribution < 1.29 is 14.3 Å². The van der Waals surface area contributed by atoms with Gasteiger partial charge in [-0.1, -0.05) is 12.1 Å². The summed E-state index contributed by atoms with van der Waals surface area (Å²) in [6, 6.07) is 15.5. The number of nitrogens with one attached hydrogen (secondary N) is 1. The third kappa shape index (κ3) is 5.20. The number of anilines is 1. The van der Waals surface area contributed by atoms with E-state index < -0.39 is 0 Å². The quantitative estimate of drug-likeness (QED) is 0.334. The van der Waals surface area contributed by atoms with Gasteiger partial charge in [0.05, 0.1) is 16.8 Å². The largest absolute Gasteiger partial charge is 0.494 e. The van der Waals surface area contributed by atoms with E-state index >= 15 is 0 Å². The van der Waals surface area contributed by atoms with Crippen LogP contribution in [0.5, 0.6) is 11.5 Å². The van der Waals surface area contributed by atoms with E-state index in [0.29, 0.717) is 12.4 Å². The Hall–Kier alpha value is -2.65. The van der Waals surface area contributed by atoms with Crippen LogP contribution < -0.4 is 14.8 Å². The van der Waals surface area contributed by atoms with E-state index in [9.17, 15) is 4.79 Å².